The van der Waals surface area contributed by atoms with Crippen LogP contribution in [0.1, 0.15) is 5.56 Å². The third-order valence-corrected chi connectivity index (χ3v) is 1.57. The number of benzene rings is 1. The molecule has 1 aromatic carbocycles. The van der Waals surface area contributed by atoms with Gasteiger partial charge in [-0.2, -0.15) is 0 Å². The lowest BCUT2D eigenvalue weighted by Crippen LogP contribution is -1.82. The molecular formula is C8H9N3O. The predicted molar refractivity (Wildman–Crippen MR) is 46.5 cm³/mol. The van der Waals surface area contributed by atoms with E-state index in [0.717, 1.165) is 5.56 Å². The quantitative estimate of drug-likeness (QED) is 0.375. The summed E-state index contributed by atoms with van der Waals surface area (Å²) in [5.74, 6) is 0.697. The maximum Gasteiger partial charge on any atom is 0.119 e. The topological polar surface area (TPSA) is 58.0 Å². The van der Waals surface area contributed by atoms with Crippen LogP contribution in [0.5, 0.6) is 5.75 Å². The number of hydrogen-bond donors (Lipinski definition) is 0. The van der Waals surface area contributed by atoms with Crippen molar-refractivity contribution in [1.82, 2.24) is 0 Å². The third-order valence-electron chi connectivity index (χ3n) is 1.57. The van der Waals surface area contributed by atoms with Gasteiger partial charge in [-0.15, -0.1) is 0 Å². The first-order valence-corrected chi connectivity index (χ1v) is 3.47. The Labute approximate surface area is 70.4 Å². The van der Waals surface area contributed by atoms with Crippen LogP contribution < -0.4 is 4.74 Å². The van der Waals surface area contributed by atoms with E-state index in [9.17, 15) is 0 Å². The van der Waals surface area contributed by atoms with E-state index in [-0.39, 0.29) is 0 Å². The second-order valence-corrected chi connectivity index (χ2v) is 2.34. The van der Waals surface area contributed by atoms with Crippen molar-refractivity contribution in [2.75, 3.05) is 7.11 Å². The molecule has 0 amide bonds. The highest BCUT2D eigenvalue weighted by Gasteiger charge is 1.96. The molecule has 0 saturated carbocycles. The number of methoxy groups -OCH3 is 1. The minimum absolute atomic E-state index is 0.608. The average molecular weight is 163 g/mol. The van der Waals surface area contributed by atoms with Gasteiger partial charge in [0, 0.05) is 10.6 Å². The van der Waals surface area contributed by atoms with Gasteiger partial charge < -0.3 is 4.74 Å². The Morgan fingerprint density at radius 3 is 2.83 bits per heavy atom. The zero-order valence-corrected chi connectivity index (χ0v) is 6.98. The minimum Gasteiger partial charge on any atom is -0.497 e. The fourth-order valence-corrected chi connectivity index (χ4v) is 0.872. The highest BCUT2D eigenvalue weighted by Crippen LogP contribution is 2.24. The molecule has 0 spiro atoms. The molecule has 0 unspecified atom stereocenters. The summed E-state index contributed by atoms with van der Waals surface area (Å²) in [6.07, 6.45) is 0. The van der Waals surface area contributed by atoms with Crippen LogP contribution in [0.25, 0.3) is 10.4 Å². The summed E-state index contributed by atoms with van der Waals surface area (Å²) in [5.41, 5.74) is 9.77. The molecule has 0 fully saturated rings. The Morgan fingerprint density at radius 2 is 2.25 bits per heavy atom. The summed E-state index contributed by atoms with van der Waals surface area (Å²) in [6, 6.07) is 5.38. The Bertz CT molecular complexity index is 329. The first-order chi connectivity index (χ1) is 5.77. The van der Waals surface area contributed by atoms with E-state index in [2.05, 4.69) is 10.0 Å². The maximum atomic E-state index is 8.23. The van der Waals surface area contributed by atoms with Gasteiger partial charge in [0.25, 0.3) is 0 Å². The van der Waals surface area contributed by atoms with Gasteiger partial charge in [0.2, 0.25) is 0 Å². The van der Waals surface area contributed by atoms with Gasteiger partial charge >= 0.3 is 0 Å². The van der Waals surface area contributed by atoms with Crippen LogP contribution >= 0.6 is 0 Å². The van der Waals surface area contributed by atoms with Gasteiger partial charge in [-0.3, -0.25) is 0 Å². The normalized spacial score (nSPS) is 8.83. The van der Waals surface area contributed by atoms with Crippen molar-refractivity contribution in [2.45, 2.75) is 6.92 Å². The number of ether oxygens (including phenoxy) is 1. The number of hydrogen-bond acceptors (Lipinski definition) is 2. The fraction of sp³-hybridized carbons (Fsp3) is 0.250. The number of azide groups is 1. The van der Waals surface area contributed by atoms with Crippen molar-refractivity contribution in [1.29, 1.82) is 0 Å². The first kappa shape index (κ1) is 8.43. The molecule has 0 bridgehead atoms. The Balaban J connectivity index is 3.16. The second-order valence-electron chi connectivity index (χ2n) is 2.34. The number of aryl methyl sites for hydroxylation is 1. The molecule has 0 aliphatic carbocycles. The van der Waals surface area contributed by atoms with Crippen LogP contribution in [0, 0.1) is 6.92 Å². The van der Waals surface area contributed by atoms with E-state index in [1.165, 1.54) is 0 Å². The largest absolute Gasteiger partial charge is 0.497 e. The summed E-state index contributed by atoms with van der Waals surface area (Å²) in [5, 5.41) is 3.52. The molecule has 0 atom stereocenters. The van der Waals surface area contributed by atoms with Crippen molar-refractivity contribution in [3.8, 4) is 5.75 Å². The molecule has 0 saturated heterocycles. The minimum atomic E-state index is 0.608. The Morgan fingerprint density at radius 1 is 1.50 bits per heavy atom. The monoisotopic (exact) mass is 163 g/mol. The summed E-state index contributed by atoms with van der Waals surface area (Å²) in [7, 11) is 1.57. The van der Waals surface area contributed by atoms with Crippen molar-refractivity contribution < 1.29 is 4.74 Å². The number of nitrogens with zero attached hydrogens (tertiary/aromatic N) is 3. The lowest BCUT2D eigenvalue weighted by atomic mass is 10.2. The van der Waals surface area contributed by atoms with E-state index >= 15 is 0 Å². The van der Waals surface area contributed by atoms with Crippen molar-refractivity contribution in [2.24, 2.45) is 5.11 Å². The SMILES string of the molecule is COc1ccc(C)c(N=[N+]=[N-])c1. The molecule has 12 heavy (non-hydrogen) atoms. The maximum absolute atomic E-state index is 8.23. The molecule has 1 rings (SSSR count). The summed E-state index contributed by atoms with van der Waals surface area (Å²) >= 11 is 0. The highest BCUT2D eigenvalue weighted by atomic mass is 16.5. The summed E-state index contributed by atoms with van der Waals surface area (Å²) in [4.78, 5) is 2.71. The average Bonchev–Trinajstić information content (AvgIpc) is 2.09. The molecule has 0 radical (unpaired) electrons. The second kappa shape index (κ2) is 3.64. The molecular weight excluding hydrogens is 154 g/mol. The smallest absolute Gasteiger partial charge is 0.119 e. The first-order valence-electron chi connectivity index (χ1n) is 3.47. The van der Waals surface area contributed by atoms with E-state index < -0.39 is 0 Å². The van der Waals surface area contributed by atoms with Crippen molar-refractivity contribution in [3.05, 3.63) is 34.2 Å². The standard InChI is InChI=1S/C8H9N3O/c1-6-3-4-7(12-2)5-8(6)10-11-9/h3-5H,1-2H3. The molecule has 0 aliphatic rings. The molecule has 0 aromatic heterocycles. The molecule has 4 heteroatoms. The lowest BCUT2D eigenvalue weighted by Gasteiger charge is -2.02. The van der Waals surface area contributed by atoms with Crippen molar-refractivity contribution in [3.63, 3.8) is 0 Å². The molecule has 0 heterocycles. The summed E-state index contributed by atoms with van der Waals surface area (Å²) in [6.45, 7) is 1.88. The van der Waals surface area contributed by atoms with E-state index in [1.807, 2.05) is 19.1 Å². The zero-order chi connectivity index (χ0) is 8.97. The van der Waals surface area contributed by atoms with Gasteiger partial charge in [-0.05, 0) is 30.2 Å². The predicted octanol–water partition coefficient (Wildman–Crippen LogP) is 2.95. The van der Waals surface area contributed by atoms with E-state index in [1.54, 1.807) is 13.2 Å². The zero-order valence-electron chi connectivity index (χ0n) is 6.98. The Kier molecular flexibility index (Phi) is 2.56. The van der Waals surface area contributed by atoms with Crippen LogP contribution in [0.15, 0.2) is 23.3 Å². The van der Waals surface area contributed by atoms with Crippen LogP contribution in [0.4, 0.5) is 5.69 Å². The fourth-order valence-electron chi connectivity index (χ4n) is 0.872. The molecule has 1 aromatic rings. The van der Waals surface area contributed by atoms with Crippen molar-refractivity contribution >= 4 is 5.69 Å². The van der Waals surface area contributed by atoms with E-state index in [0.29, 0.717) is 11.4 Å². The van der Waals surface area contributed by atoms with E-state index in [4.69, 9.17) is 10.3 Å². The van der Waals surface area contributed by atoms with Crippen LogP contribution in [-0.2, 0) is 0 Å². The molecule has 0 N–H and O–H groups in total. The molecule has 0 aliphatic heterocycles. The highest BCUT2D eigenvalue weighted by molar-refractivity contribution is 5.49. The lowest BCUT2D eigenvalue weighted by molar-refractivity contribution is 0.415. The van der Waals surface area contributed by atoms with Crippen LogP contribution in [0.3, 0.4) is 0 Å². The number of rotatable bonds is 2. The molecule has 4 nitrogen and oxygen atoms in total. The van der Waals surface area contributed by atoms with Gasteiger partial charge in [0.15, 0.2) is 0 Å². The summed E-state index contributed by atoms with van der Waals surface area (Å²) < 4.78 is 4.97. The Hall–Kier alpha value is -1.67. The van der Waals surface area contributed by atoms with Gasteiger partial charge in [-0.25, -0.2) is 0 Å². The van der Waals surface area contributed by atoms with Crippen LogP contribution in [-0.4, -0.2) is 7.11 Å². The molecule has 62 valence electrons. The van der Waals surface area contributed by atoms with Gasteiger partial charge in [0.1, 0.15) is 5.75 Å². The van der Waals surface area contributed by atoms with Crippen LogP contribution in [0.2, 0.25) is 0 Å². The van der Waals surface area contributed by atoms with Gasteiger partial charge in [-0.1, -0.05) is 11.2 Å². The third kappa shape index (κ3) is 1.68. The van der Waals surface area contributed by atoms with Gasteiger partial charge in [0.05, 0.1) is 7.11 Å².